The largest absolute Gasteiger partial charge is 0.314 e. The van der Waals surface area contributed by atoms with Crippen LogP contribution in [0.5, 0.6) is 0 Å². The van der Waals surface area contributed by atoms with Crippen molar-refractivity contribution in [3.63, 3.8) is 0 Å². The van der Waals surface area contributed by atoms with Crippen molar-refractivity contribution in [2.45, 2.75) is 39.7 Å². The molecule has 18 heavy (non-hydrogen) atoms. The minimum absolute atomic E-state index is 0.389. The topological polar surface area (TPSA) is 12.0 Å². The van der Waals surface area contributed by atoms with E-state index in [2.05, 4.69) is 79.8 Å². The van der Waals surface area contributed by atoms with Crippen LogP contribution in [0.4, 0.5) is 0 Å². The number of hydrogen-bond donors (Lipinski definition) is 1. The van der Waals surface area contributed by atoms with Gasteiger partial charge in [-0.3, -0.25) is 0 Å². The Bertz CT molecular complexity index is 379. The van der Waals surface area contributed by atoms with Crippen LogP contribution in [0.1, 0.15) is 39.2 Å². The smallest absolute Gasteiger partial charge is 0.0175 e. The maximum absolute atomic E-state index is 4.28. The van der Waals surface area contributed by atoms with Gasteiger partial charge in [0.05, 0.1) is 0 Å². The van der Waals surface area contributed by atoms with E-state index in [1.807, 2.05) is 0 Å². The summed E-state index contributed by atoms with van der Waals surface area (Å²) in [5.41, 5.74) is 2.63. The lowest BCUT2D eigenvalue weighted by molar-refractivity contribution is 0.535. The van der Waals surface area contributed by atoms with Crippen LogP contribution < -0.4 is 5.32 Å². The van der Waals surface area contributed by atoms with Gasteiger partial charge >= 0.3 is 0 Å². The molecule has 1 nitrogen and oxygen atoms in total. The first-order valence-corrected chi connectivity index (χ1v) is 7.38. The predicted molar refractivity (Wildman–Crippen MR) is 84.0 cm³/mol. The summed E-state index contributed by atoms with van der Waals surface area (Å²) in [4.78, 5) is 0. The highest BCUT2D eigenvalue weighted by Crippen LogP contribution is 2.28. The maximum Gasteiger partial charge on any atom is 0.0175 e. The molecule has 0 heterocycles. The Morgan fingerprint density at radius 2 is 1.72 bits per heavy atom. The van der Waals surface area contributed by atoms with Crippen LogP contribution in [0, 0.1) is 5.92 Å². The summed E-state index contributed by atoms with van der Waals surface area (Å²) in [6, 6.07) is 9.08. The molecule has 1 aromatic rings. The Morgan fingerprint density at radius 1 is 1.17 bits per heavy atom. The van der Waals surface area contributed by atoms with Crippen molar-refractivity contribution in [1.82, 2.24) is 5.32 Å². The third-order valence-corrected chi connectivity index (χ3v) is 3.72. The molecule has 100 valence electrons. The molecule has 0 spiro atoms. The monoisotopic (exact) mass is 309 g/mol. The molecule has 0 bridgehead atoms. The van der Waals surface area contributed by atoms with Crippen LogP contribution >= 0.6 is 15.9 Å². The fourth-order valence-corrected chi connectivity index (χ4v) is 2.18. The highest BCUT2D eigenvalue weighted by atomic mass is 79.9. The zero-order valence-electron chi connectivity index (χ0n) is 11.8. The average molecular weight is 310 g/mol. The van der Waals surface area contributed by atoms with E-state index < -0.39 is 0 Å². The van der Waals surface area contributed by atoms with Crippen LogP contribution in [0.15, 0.2) is 40.9 Å². The molecular formula is C16H24BrN. The van der Waals surface area contributed by atoms with Gasteiger partial charge in [-0.1, -0.05) is 67.9 Å². The van der Waals surface area contributed by atoms with Gasteiger partial charge in [0.2, 0.25) is 0 Å². The first kappa shape index (κ1) is 15.5. The second-order valence-electron chi connectivity index (χ2n) is 5.40. The van der Waals surface area contributed by atoms with Gasteiger partial charge in [0.1, 0.15) is 0 Å². The molecule has 0 aliphatic rings. The lowest BCUT2D eigenvalue weighted by Crippen LogP contribution is -2.29. The fourth-order valence-electron chi connectivity index (χ4n) is 1.91. The standard InChI is InChI=1S/C16H24BrN/c1-11(2)13(5)16(10-18-12(3)4)14-6-8-15(17)9-7-14/h6-9,11-12,16,18H,5,10H2,1-4H3. The number of nitrogens with one attached hydrogen (secondary N) is 1. The SMILES string of the molecule is C=C(C(C)C)C(CNC(C)C)c1ccc(Br)cc1. The van der Waals surface area contributed by atoms with Crippen molar-refractivity contribution >= 4 is 15.9 Å². The van der Waals surface area contributed by atoms with Gasteiger partial charge < -0.3 is 5.32 Å². The second-order valence-corrected chi connectivity index (χ2v) is 6.31. The maximum atomic E-state index is 4.28. The number of rotatable bonds is 6. The van der Waals surface area contributed by atoms with Crippen molar-refractivity contribution in [3.8, 4) is 0 Å². The number of hydrogen-bond acceptors (Lipinski definition) is 1. The summed E-state index contributed by atoms with van der Waals surface area (Å²) < 4.78 is 1.12. The van der Waals surface area contributed by atoms with Crippen molar-refractivity contribution in [2.75, 3.05) is 6.54 Å². The quantitative estimate of drug-likeness (QED) is 0.748. The van der Waals surface area contributed by atoms with Crippen molar-refractivity contribution in [3.05, 3.63) is 46.5 Å². The third kappa shape index (κ3) is 4.58. The Morgan fingerprint density at radius 3 is 2.17 bits per heavy atom. The lowest BCUT2D eigenvalue weighted by Gasteiger charge is -2.24. The Balaban J connectivity index is 2.89. The molecule has 0 saturated heterocycles. The van der Waals surface area contributed by atoms with Crippen LogP contribution in [-0.2, 0) is 0 Å². The molecule has 0 radical (unpaired) electrons. The average Bonchev–Trinajstić information content (AvgIpc) is 2.30. The molecule has 1 unspecified atom stereocenters. The number of halogens is 1. The van der Waals surface area contributed by atoms with E-state index in [1.54, 1.807) is 0 Å². The van der Waals surface area contributed by atoms with Gasteiger partial charge in [-0.05, 0) is 23.6 Å². The van der Waals surface area contributed by atoms with Gasteiger partial charge in [0.25, 0.3) is 0 Å². The van der Waals surface area contributed by atoms with E-state index in [9.17, 15) is 0 Å². The Kier molecular flexibility index (Phi) is 6.10. The van der Waals surface area contributed by atoms with E-state index in [-0.39, 0.29) is 0 Å². The zero-order chi connectivity index (χ0) is 13.7. The molecule has 1 aromatic carbocycles. The van der Waals surface area contributed by atoms with E-state index in [1.165, 1.54) is 11.1 Å². The number of benzene rings is 1. The minimum atomic E-state index is 0.389. The molecular weight excluding hydrogens is 286 g/mol. The molecule has 0 aliphatic carbocycles. The molecule has 0 saturated carbocycles. The molecule has 0 aliphatic heterocycles. The van der Waals surface area contributed by atoms with Gasteiger partial charge in [-0.15, -0.1) is 0 Å². The molecule has 1 rings (SSSR count). The molecule has 0 fully saturated rings. The lowest BCUT2D eigenvalue weighted by atomic mass is 9.85. The Hall–Kier alpha value is -0.600. The van der Waals surface area contributed by atoms with E-state index in [4.69, 9.17) is 0 Å². The first-order chi connectivity index (χ1) is 8.41. The molecule has 0 aromatic heterocycles. The second kappa shape index (κ2) is 7.10. The predicted octanol–water partition coefficient (Wildman–Crippen LogP) is 4.74. The van der Waals surface area contributed by atoms with Crippen LogP contribution in [0.3, 0.4) is 0 Å². The molecule has 0 amide bonds. The van der Waals surface area contributed by atoms with Gasteiger partial charge in [-0.25, -0.2) is 0 Å². The Labute approximate surface area is 120 Å². The molecule has 1 atom stereocenters. The summed E-state index contributed by atoms with van der Waals surface area (Å²) in [6.07, 6.45) is 0. The summed E-state index contributed by atoms with van der Waals surface area (Å²) >= 11 is 3.48. The third-order valence-electron chi connectivity index (χ3n) is 3.19. The zero-order valence-corrected chi connectivity index (χ0v) is 13.4. The van der Waals surface area contributed by atoms with Crippen molar-refractivity contribution < 1.29 is 0 Å². The first-order valence-electron chi connectivity index (χ1n) is 6.59. The van der Waals surface area contributed by atoms with Crippen LogP contribution in [0.25, 0.3) is 0 Å². The van der Waals surface area contributed by atoms with Gasteiger partial charge in [0, 0.05) is 23.0 Å². The van der Waals surface area contributed by atoms with Gasteiger partial charge in [0.15, 0.2) is 0 Å². The summed E-state index contributed by atoms with van der Waals surface area (Å²) in [5, 5.41) is 3.52. The molecule has 2 heteroatoms. The molecule has 1 N–H and O–H groups in total. The minimum Gasteiger partial charge on any atom is -0.314 e. The van der Waals surface area contributed by atoms with E-state index in [0.29, 0.717) is 17.9 Å². The summed E-state index contributed by atoms with van der Waals surface area (Å²) in [6.45, 7) is 14.0. The van der Waals surface area contributed by atoms with Crippen LogP contribution in [0.2, 0.25) is 0 Å². The van der Waals surface area contributed by atoms with Gasteiger partial charge in [-0.2, -0.15) is 0 Å². The fraction of sp³-hybridized carbons (Fsp3) is 0.500. The van der Waals surface area contributed by atoms with E-state index in [0.717, 1.165) is 11.0 Å². The summed E-state index contributed by atoms with van der Waals surface area (Å²) in [5.74, 6) is 0.896. The van der Waals surface area contributed by atoms with E-state index >= 15 is 0 Å². The van der Waals surface area contributed by atoms with Crippen molar-refractivity contribution in [2.24, 2.45) is 5.92 Å². The highest BCUT2D eigenvalue weighted by Gasteiger charge is 2.17. The highest BCUT2D eigenvalue weighted by molar-refractivity contribution is 9.10. The van der Waals surface area contributed by atoms with Crippen molar-refractivity contribution in [1.29, 1.82) is 0 Å². The normalized spacial score (nSPS) is 13.1. The van der Waals surface area contributed by atoms with Crippen LogP contribution in [-0.4, -0.2) is 12.6 Å². The summed E-state index contributed by atoms with van der Waals surface area (Å²) in [7, 11) is 0.